The number of piperidine rings is 1. The highest BCUT2D eigenvalue weighted by Gasteiger charge is 2.45. The number of likely N-dealkylation sites (tertiary alicyclic amines) is 1. The van der Waals surface area contributed by atoms with E-state index in [2.05, 4.69) is 21.3 Å². The summed E-state index contributed by atoms with van der Waals surface area (Å²) in [7, 11) is 8.39. The smallest absolute Gasteiger partial charge is 0.248 e. The first-order chi connectivity index (χ1) is 46.7. The van der Waals surface area contributed by atoms with Crippen LogP contribution in [0.5, 0.6) is 0 Å². The molecule has 25 nitrogen and oxygen atoms in total. The van der Waals surface area contributed by atoms with Gasteiger partial charge in [0, 0.05) is 87.0 Å². The number of ether oxygens (including phenoxy) is 1. The summed E-state index contributed by atoms with van der Waals surface area (Å²) in [6.45, 7) is 24.6. The molecule has 2 aromatic carbocycles. The molecule has 100 heavy (non-hydrogen) atoms. The average Bonchev–Trinajstić information content (AvgIpc) is 0.816. The lowest BCUT2D eigenvalue weighted by molar-refractivity contribution is -0.154. The topological polar surface area (TPSA) is 305 Å². The maximum Gasteiger partial charge on any atom is 0.248 e. The van der Waals surface area contributed by atoms with Crippen molar-refractivity contribution in [1.82, 2.24) is 55.6 Å². The van der Waals surface area contributed by atoms with Gasteiger partial charge in [-0.15, -0.1) is 0 Å². The number of hydrogen-bond acceptors (Lipinski definition) is 14. The van der Waals surface area contributed by atoms with Crippen LogP contribution in [0.1, 0.15) is 166 Å². The van der Waals surface area contributed by atoms with Crippen LogP contribution < -0.4 is 21.3 Å². The van der Waals surface area contributed by atoms with Crippen molar-refractivity contribution in [3.05, 3.63) is 71.8 Å². The van der Waals surface area contributed by atoms with E-state index in [-0.39, 0.29) is 56.3 Å². The number of carbonyl (C=O) groups excluding carboxylic acids is 12. The molecule has 2 fully saturated rings. The molecule has 2 heterocycles. The largest absolute Gasteiger partial charge is 0.391 e. The zero-order chi connectivity index (χ0) is 75.4. The number of likely N-dealkylation sites (N-methyl/N-ethyl adjacent to an activating group) is 6. The summed E-state index contributed by atoms with van der Waals surface area (Å²) in [6, 6.07) is 3.90. The first kappa shape index (κ1) is 84.6. The van der Waals surface area contributed by atoms with Crippen LogP contribution >= 0.6 is 0 Å². The van der Waals surface area contributed by atoms with Gasteiger partial charge in [0.2, 0.25) is 65.0 Å². The van der Waals surface area contributed by atoms with E-state index >= 15 is 24.0 Å². The van der Waals surface area contributed by atoms with Crippen LogP contribution in [0.2, 0.25) is 0 Å². The van der Waals surface area contributed by atoms with Crippen molar-refractivity contribution < 1.29 is 67.4 Å². The third-order valence-corrected chi connectivity index (χ3v) is 19.2. The van der Waals surface area contributed by atoms with Crippen molar-refractivity contribution in [1.29, 1.82) is 0 Å². The number of aliphatic hydroxyl groups is 1. The highest BCUT2D eigenvalue weighted by Crippen LogP contribution is 2.25. The van der Waals surface area contributed by atoms with Gasteiger partial charge in [0.1, 0.15) is 66.2 Å². The number of nitrogens with zero attached hydrogens (tertiary/aromatic N) is 7. The Balaban J connectivity index is 1.99. The van der Waals surface area contributed by atoms with Crippen LogP contribution in [0.3, 0.4) is 0 Å². The molecule has 5 N–H and O–H groups in total. The molecule has 558 valence electrons. The summed E-state index contributed by atoms with van der Waals surface area (Å²) in [5.41, 5.74) is 0.345. The lowest BCUT2D eigenvalue weighted by Gasteiger charge is -2.40. The second-order valence-electron chi connectivity index (χ2n) is 30.1. The Morgan fingerprint density at radius 3 is 1.40 bits per heavy atom. The van der Waals surface area contributed by atoms with Crippen molar-refractivity contribution in [3.63, 3.8) is 0 Å². The fraction of sp³-hybridized carbons (Fsp3) is 0.680. The van der Waals surface area contributed by atoms with Crippen LogP contribution in [-0.2, 0) is 75.1 Å². The van der Waals surface area contributed by atoms with Gasteiger partial charge in [-0.3, -0.25) is 57.5 Å². The molecule has 0 bridgehead atoms. The van der Waals surface area contributed by atoms with E-state index < -0.39 is 168 Å². The number of Topliss-reactive ketones (excluding diaryl/α,β-unsaturated/α-hetero) is 1. The number of rotatable bonds is 16. The number of benzene rings is 2. The molecule has 0 spiro atoms. The quantitative estimate of drug-likeness (QED) is 0.151. The van der Waals surface area contributed by atoms with Crippen molar-refractivity contribution in [2.24, 2.45) is 29.6 Å². The molecule has 0 radical (unpaired) electrons. The Morgan fingerprint density at radius 2 is 0.940 bits per heavy atom. The second-order valence-corrected chi connectivity index (χ2v) is 30.1. The summed E-state index contributed by atoms with van der Waals surface area (Å²) in [4.78, 5) is 189. The number of amides is 11. The third kappa shape index (κ3) is 24.2. The fourth-order valence-corrected chi connectivity index (χ4v) is 12.9. The highest BCUT2D eigenvalue weighted by atomic mass is 16.5. The molecule has 0 aliphatic carbocycles. The number of aliphatic hydroxyl groups excluding tert-OH is 1. The van der Waals surface area contributed by atoms with Crippen molar-refractivity contribution in [2.75, 3.05) is 62.0 Å². The van der Waals surface area contributed by atoms with E-state index in [1.165, 1.54) is 82.7 Å². The number of nitrogens with one attached hydrogen (secondary N) is 4. The molecule has 0 saturated carbocycles. The van der Waals surface area contributed by atoms with Gasteiger partial charge in [-0.1, -0.05) is 129 Å². The first-order valence-corrected chi connectivity index (χ1v) is 35.7. The summed E-state index contributed by atoms with van der Waals surface area (Å²) >= 11 is 0. The Labute approximate surface area is 594 Å². The maximum atomic E-state index is 15.4. The normalized spacial score (nSPS) is 26.2. The van der Waals surface area contributed by atoms with Gasteiger partial charge < -0.3 is 65.4 Å². The Bertz CT molecular complexity index is 3100. The fourth-order valence-electron chi connectivity index (χ4n) is 12.9. The van der Waals surface area contributed by atoms with Crippen LogP contribution in [-0.4, -0.2) is 244 Å². The molecule has 2 aliphatic rings. The Hall–Kier alpha value is -7.80. The lowest BCUT2D eigenvalue weighted by Crippen LogP contribution is -2.63. The molecule has 13 atom stereocenters. The highest BCUT2D eigenvalue weighted by molar-refractivity contribution is 6.00. The lowest BCUT2D eigenvalue weighted by atomic mass is 9.93. The van der Waals surface area contributed by atoms with E-state index in [1.807, 2.05) is 48.5 Å². The van der Waals surface area contributed by atoms with Gasteiger partial charge in [-0.25, -0.2) is 0 Å². The van der Waals surface area contributed by atoms with Gasteiger partial charge >= 0.3 is 0 Å². The minimum absolute atomic E-state index is 0.0766. The van der Waals surface area contributed by atoms with E-state index in [4.69, 9.17) is 4.74 Å². The predicted octanol–water partition coefficient (Wildman–Crippen LogP) is 4.78. The van der Waals surface area contributed by atoms with Crippen molar-refractivity contribution in [2.45, 2.75) is 240 Å². The van der Waals surface area contributed by atoms with Crippen LogP contribution in [0.15, 0.2) is 60.7 Å². The summed E-state index contributed by atoms with van der Waals surface area (Å²) in [5, 5.41) is 22.8. The maximum absolute atomic E-state index is 15.4. The minimum atomic E-state index is -1.72. The molecular weight excluding hydrogens is 1280 g/mol. The van der Waals surface area contributed by atoms with E-state index in [0.717, 1.165) is 16.2 Å². The third-order valence-electron chi connectivity index (χ3n) is 19.2. The zero-order valence-corrected chi connectivity index (χ0v) is 63.3. The van der Waals surface area contributed by atoms with Crippen LogP contribution in [0.25, 0.3) is 0 Å². The van der Waals surface area contributed by atoms with E-state index in [0.29, 0.717) is 43.5 Å². The molecule has 0 aromatic heterocycles. The molecule has 0 unspecified atom stereocenters. The summed E-state index contributed by atoms with van der Waals surface area (Å²) in [6.07, 6.45) is 0.252. The first-order valence-electron chi connectivity index (χ1n) is 35.7. The van der Waals surface area contributed by atoms with Crippen LogP contribution in [0, 0.1) is 29.6 Å². The standard InChI is InChI=1S/C75H119N11O14/c1-21-48(8)63-74(99)84(19)59(39-47(6)7)65(90)77-56(72(97)86-35-29-24-30-36-86)43-54(88)40-49(9)68(93)81(16)58(38-46(4)5)64(89)76-55(37-45(2)3)70(95)82(17)60(41-52-31-25-22-26-32-52)66(91)78-57(44-100-75(12,13)14)71(96)83(18)61(42-53-33-27-23-28-34-53)67(92)79-62(51(11)87)73(98)80(15)50(10)69(94)85(63)20/h22-23,25-28,31-34,45-51,55-63,87H,21,24,29-30,35-44H2,1-20H3,(H,76,89)(H,77,90)(H,78,91)(H,79,92)/t48-,49-,50-,51+,55-,56-,57-,58-,59-,60-,61-,62-,63-/m0/s1. The van der Waals surface area contributed by atoms with Crippen molar-refractivity contribution in [3.8, 4) is 0 Å². The van der Waals surface area contributed by atoms with Gasteiger partial charge in [0.25, 0.3) is 0 Å². The minimum Gasteiger partial charge on any atom is -0.391 e. The molecule has 2 aromatic rings. The number of hydrogen-bond donors (Lipinski definition) is 5. The number of carbonyl (C=O) groups is 12. The average molecular weight is 1400 g/mol. The van der Waals surface area contributed by atoms with E-state index in [1.54, 1.807) is 93.3 Å². The molecule has 11 amide bonds. The van der Waals surface area contributed by atoms with Crippen LogP contribution in [0.4, 0.5) is 0 Å². The molecule has 2 saturated heterocycles. The summed E-state index contributed by atoms with van der Waals surface area (Å²) < 4.78 is 6.22. The van der Waals surface area contributed by atoms with Gasteiger partial charge in [0.15, 0.2) is 0 Å². The molecule has 2 aliphatic heterocycles. The molecule has 25 heteroatoms. The Kier molecular flexibility index (Phi) is 32.9. The Morgan fingerprint density at radius 1 is 0.510 bits per heavy atom. The zero-order valence-electron chi connectivity index (χ0n) is 63.3. The monoisotopic (exact) mass is 1400 g/mol. The van der Waals surface area contributed by atoms with Gasteiger partial charge in [0.05, 0.1) is 18.3 Å². The predicted molar refractivity (Wildman–Crippen MR) is 382 cm³/mol. The molecular formula is C75H119N11O14. The molecule has 4 rings (SSSR count). The van der Waals surface area contributed by atoms with Gasteiger partial charge in [-0.05, 0) is 108 Å². The number of ketones is 1. The SMILES string of the molecule is CC[C@H](C)[C@H]1C(=O)N(C)[C@@H](CC(C)C)C(=O)N[C@H](C(=O)N2CCCCC2)CC(=O)C[C@H](C)C(=O)N(C)[C@@H](CC(C)C)C(=O)N[C@@H](CC(C)C)C(=O)N(C)[C@@H](Cc2ccccc2)C(=O)N[C@@H](COC(C)(C)C)C(=O)N(C)[C@@H](Cc2ccccc2)C(=O)N[C@@H]([C@@H](C)O)C(=O)N(C)[C@@H](C)C(=O)N1C. The summed E-state index contributed by atoms with van der Waals surface area (Å²) in [5.74, 6) is -10.6. The van der Waals surface area contributed by atoms with E-state index in [9.17, 15) is 38.7 Å². The van der Waals surface area contributed by atoms with Crippen molar-refractivity contribution >= 4 is 70.8 Å². The second kappa shape index (κ2) is 38.9. The van der Waals surface area contributed by atoms with Gasteiger partial charge in [-0.2, -0.15) is 0 Å².